The van der Waals surface area contributed by atoms with Crippen LogP contribution in [-0.2, 0) is 6.54 Å². The zero-order valence-electron chi connectivity index (χ0n) is 12.9. The summed E-state index contributed by atoms with van der Waals surface area (Å²) in [6.07, 6.45) is 0. The number of rotatable bonds is 3. The van der Waals surface area contributed by atoms with Crippen LogP contribution in [0.3, 0.4) is 0 Å². The zero-order chi connectivity index (χ0) is 16.1. The largest absolute Gasteiger partial charge is 0.346 e. The van der Waals surface area contributed by atoms with Gasteiger partial charge in [-0.1, -0.05) is 41.9 Å². The molecule has 0 spiro atoms. The summed E-state index contributed by atoms with van der Waals surface area (Å²) < 4.78 is 0. The van der Waals surface area contributed by atoms with Crippen LogP contribution in [0.25, 0.3) is 0 Å². The van der Waals surface area contributed by atoms with Crippen LogP contribution in [-0.4, -0.2) is 41.1 Å². The van der Waals surface area contributed by atoms with Crippen molar-refractivity contribution in [3.8, 4) is 0 Å². The average molecular weight is 346 g/mol. The molecule has 1 aliphatic rings. The summed E-state index contributed by atoms with van der Waals surface area (Å²) in [6.45, 7) is 4.89. The molecule has 0 saturated carbocycles. The van der Waals surface area contributed by atoms with Crippen molar-refractivity contribution in [2.75, 3.05) is 31.5 Å². The lowest BCUT2D eigenvalue weighted by Crippen LogP contribution is -2.49. The van der Waals surface area contributed by atoms with Gasteiger partial charge in [0, 0.05) is 43.4 Å². The molecule has 0 atom stereocenters. The van der Waals surface area contributed by atoms with Gasteiger partial charge < -0.3 is 10.2 Å². The maximum atomic E-state index is 5.93. The fraction of sp³-hybridized carbons (Fsp3) is 0.278. The van der Waals surface area contributed by atoms with E-state index in [0.717, 1.165) is 48.5 Å². The number of piperazine rings is 1. The molecule has 2 aromatic carbocycles. The molecule has 1 N–H and O–H groups in total. The number of para-hydroxylation sites is 1. The van der Waals surface area contributed by atoms with Crippen molar-refractivity contribution < 1.29 is 0 Å². The summed E-state index contributed by atoms with van der Waals surface area (Å²) in [5.41, 5.74) is 2.34. The van der Waals surface area contributed by atoms with Gasteiger partial charge in [0.2, 0.25) is 0 Å². The predicted octanol–water partition coefficient (Wildman–Crippen LogP) is 3.85. The Morgan fingerprint density at radius 3 is 2.26 bits per heavy atom. The Labute approximate surface area is 147 Å². The van der Waals surface area contributed by atoms with Gasteiger partial charge in [-0.15, -0.1) is 0 Å². The zero-order valence-corrected chi connectivity index (χ0v) is 14.5. The molecule has 0 bridgehead atoms. The van der Waals surface area contributed by atoms with Crippen molar-refractivity contribution in [2.45, 2.75) is 6.54 Å². The minimum Gasteiger partial charge on any atom is -0.346 e. The standard InChI is InChI=1S/C18H20ClN3S/c19-16-8-6-15(7-9-16)14-21-10-12-22(13-11-21)18(23)20-17-4-2-1-3-5-17/h1-9H,10-14H2,(H,20,23). The van der Waals surface area contributed by atoms with Crippen molar-refractivity contribution in [3.05, 3.63) is 65.2 Å². The van der Waals surface area contributed by atoms with Gasteiger partial charge in [-0.2, -0.15) is 0 Å². The first-order chi connectivity index (χ1) is 11.2. The Morgan fingerprint density at radius 2 is 1.61 bits per heavy atom. The first kappa shape index (κ1) is 16.2. The van der Waals surface area contributed by atoms with Crippen LogP contribution in [0.2, 0.25) is 5.02 Å². The second-order valence-electron chi connectivity index (χ2n) is 5.69. The van der Waals surface area contributed by atoms with E-state index < -0.39 is 0 Å². The molecule has 23 heavy (non-hydrogen) atoms. The van der Waals surface area contributed by atoms with Crippen LogP contribution in [0.15, 0.2) is 54.6 Å². The summed E-state index contributed by atoms with van der Waals surface area (Å²) in [5, 5.41) is 4.90. The average Bonchev–Trinajstić information content (AvgIpc) is 2.58. The fourth-order valence-corrected chi connectivity index (χ4v) is 3.11. The molecule has 120 valence electrons. The third-order valence-corrected chi connectivity index (χ3v) is 4.62. The fourth-order valence-electron chi connectivity index (χ4n) is 2.68. The summed E-state index contributed by atoms with van der Waals surface area (Å²) in [5.74, 6) is 0. The molecule has 0 aliphatic carbocycles. The van der Waals surface area contributed by atoms with Gasteiger partial charge in [-0.3, -0.25) is 4.90 Å². The van der Waals surface area contributed by atoms with Crippen LogP contribution in [0.5, 0.6) is 0 Å². The minimum atomic E-state index is 0.788. The minimum absolute atomic E-state index is 0.788. The summed E-state index contributed by atoms with van der Waals surface area (Å²) >= 11 is 11.5. The van der Waals surface area contributed by atoms with Gasteiger partial charge in [0.05, 0.1) is 0 Å². The Balaban J connectivity index is 1.48. The van der Waals surface area contributed by atoms with Gasteiger partial charge in [0.1, 0.15) is 0 Å². The highest BCUT2D eigenvalue weighted by Gasteiger charge is 2.18. The third kappa shape index (κ3) is 4.67. The van der Waals surface area contributed by atoms with E-state index in [1.807, 2.05) is 42.5 Å². The summed E-state index contributed by atoms with van der Waals surface area (Å²) in [7, 11) is 0. The first-order valence-electron chi connectivity index (χ1n) is 7.78. The Morgan fingerprint density at radius 1 is 0.957 bits per heavy atom. The van der Waals surface area contributed by atoms with Crippen LogP contribution in [0.1, 0.15) is 5.56 Å². The summed E-state index contributed by atoms with van der Waals surface area (Å²) in [6, 6.07) is 18.2. The Kier molecular flexibility index (Phi) is 5.49. The van der Waals surface area contributed by atoms with E-state index in [-0.39, 0.29) is 0 Å². The summed E-state index contributed by atoms with van der Waals surface area (Å²) in [4.78, 5) is 4.69. The van der Waals surface area contributed by atoms with Crippen LogP contribution < -0.4 is 5.32 Å². The molecule has 1 heterocycles. The van der Waals surface area contributed by atoms with Crippen molar-refractivity contribution in [3.63, 3.8) is 0 Å². The quantitative estimate of drug-likeness (QED) is 0.851. The SMILES string of the molecule is S=C(Nc1ccccc1)N1CCN(Cc2ccc(Cl)cc2)CC1. The van der Waals surface area contributed by atoms with E-state index in [0.29, 0.717) is 0 Å². The van der Waals surface area contributed by atoms with Gasteiger partial charge in [0.25, 0.3) is 0 Å². The molecule has 1 saturated heterocycles. The van der Waals surface area contributed by atoms with Gasteiger partial charge in [0.15, 0.2) is 5.11 Å². The first-order valence-corrected chi connectivity index (χ1v) is 8.57. The highest BCUT2D eigenvalue weighted by molar-refractivity contribution is 7.80. The lowest BCUT2D eigenvalue weighted by Gasteiger charge is -2.36. The number of nitrogens with one attached hydrogen (secondary N) is 1. The number of thiocarbonyl (C=S) groups is 1. The molecule has 3 rings (SSSR count). The maximum absolute atomic E-state index is 5.93. The normalized spacial score (nSPS) is 15.4. The van der Waals surface area contributed by atoms with E-state index in [4.69, 9.17) is 23.8 Å². The number of hydrogen-bond donors (Lipinski definition) is 1. The van der Waals surface area contributed by atoms with Gasteiger partial charge >= 0.3 is 0 Å². The topological polar surface area (TPSA) is 18.5 Å². The molecule has 1 fully saturated rings. The van der Waals surface area contributed by atoms with E-state index in [2.05, 4.69) is 27.2 Å². The van der Waals surface area contributed by atoms with E-state index in [9.17, 15) is 0 Å². The van der Waals surface area contributed by atoms with Crippen molar-refractivity contribution in [1.82, 2.24) is 9.80 Å². The highest BCUT2D eigenvalue weighted by Crippen LogP contribution is 2.14. The van der Waals surface area contributed by atoms with Crippen molar-refractivity contribution >= 4 is 34.6 Å². The smallest absolute Gasteiger partial charge is 0.173 e. The number of benzene rings is 2. The molecule has 1 aliphatic heterocycles. The Bertz CT molecular complexity index is 637. The molecule has 0 radical (unpaired) electrons. The van der Waals surface area contributed by atoms with Crippen LogP contribution >= 0.6 is 23.8 Å². The predicted molar refractivity (Wildman–Crippen MR) is 101 cm³/mol. The van der Waals surface area contributed by atoms with Gasteiger partial charge in [-0.25, -0.2) is 0 Å². The van der Waals surface area contributed by atoms with E-state index in [1.165, 1.54) is 5.56 Å². The van der Waals surface area contributed by atoms with Crippen LogP contribution in [0.4, 0.5) is 5.69 Å². The lowest BCUT2D eigenvalue weighted by atomic mass is 10.2. The molecule has 0 aromatic heterocycles. The van der Waals surface area contributed by atoms with Gasteiger partial charge in [-0.05, 0) is 42.0 Å². The second kappa shape index (κ2) is 7.77. The van der Waals surface area contributed by atoms with E-state index in [1.54, 1.807) is 0 Å². The molecule has 2 aromatic rings. The molecule has 0 amide bonds. The molecule has 5 heteroatoms. The Hall–Kier alpha value is -1.62. The van der Waals surface area contributed by atoms with Crippen molar-refractivity contribution in [2.24, 2.45) is 0 Å². The molecular weight excluding hydrogens is 326 g/mol. The highest BCUT2D eigenvalue weighted by atomic mass is 35.5. The second-order valence-corrected chi connectivity index (χ2v) is 6.51. The molecular formula is C18H20ClN3S. The maximum Gasteiger partial charge on any atom is 0.173 e. The van der Waals surface area contributed by atoms with Crippen molar-refractivity contribution in [1.29, 1.82) is 0 Å². The lowest BCUT2D eigenvalue weighted by molar-refractivity contribution is 0.177. The number of anilines is 1. The third-order valence-electron chi connectivity index (χ3n) is 4.00. The monoisotopic (exact) mass is 345 g/mol. The number of nitrogens with zero attached hydrogens (tertiary/aromatic N) is 2. The van der Waals surface area contributed by atoms with Crippen LogP contribution in [0, 0.1) is 0 Å². The number of hydrogen-bond acceptors (Lipinski definition) is 2. The number of halogens is 1. The molecule has 3 nitrogen and oxygen atoms in total. The molecule has 0 unspecified atom stereocenters. The van der Waals surface area contributed by atoms with E-state index >= 15 is 0 Å².